The Morgan fingerprint density at radius 3 is 2.55 bits per heavy atom. The van der Waals surface area contributed by atoms with Crippen molar-refractivity contribution < 1.29 is 14.4 Å². The van der Waals surface area contributed by atoms with Gasteiger partial charge in [-0.1, -0.05) is 36.4 Å². The second kappa shape index (κ2) is 7.26. The van der Waals surface area contributed by atoms with Crippen LogP contribution in [0.2, 0.25) is 0 Å². The SMILES string of the molecule is COc1ccc(/C=C(\C)[N+](=O)[O-])cc1OCc1ccccc1. The summed E-state index contributed by atoms with van der Waals surface area (Å²) in [6.45, 7) is 1.85. The van der Waals surface area contributed by atoms with Crippen LogP contribution in [0.5, 0.6) is 11.5 Å². The van der Waals surface area contributed by atoms with Gasteiger partial charge in [-0.05, 0) is 23.3 Å². The van der Waals surface area contributed by atoms with Crippen LogP contribution in [0.15, 0.2) is 54.2 Å². The number of rotatable bonds is 6. The maximum atomic E-state index is 10.7. The first-order chi connectivity index (χ1) is 10.6. The largest absolute Gasteiger partial charge is 0.493 e. The Morgan fingerprint density at radius 2 is 1.91 bits per heavy atom. The van der Waals surface area contributed by atoms with E-state index in [2.05, 4.69) is 0 Å². The van der Waals surface area contributed by atoms with Gasteiger partial charge in [0.1, 0.15) is 6.61 Å². The summed E-state index contributed by atoms with van der Waals surface area (Å²) in [5.41, 5.74) is 1.80. The fraction of sp³-hybridized carbons (Fsp3) is 0.176. The molecule has 0 saturated heterocycles. The Morgan fingerprint density at radius 1 is 1.18 bits per heavy atom. The Hall–Kier alpha value is -2.82. The molecule has 0 aliphatic heterocycles. The summed E-state index contributed by atoms with van der Waals surface area (Å²) in [7, 11) is 1.56. The third kappa shape index (κ3) is 4.09. The molecule has 2 rings (SSSR count). The van der Waals surface area contributed by atoms with E-state index in [4.69, 9.17) is 9.47 Å². The van der Waals surface area contributed by atoms with Crippen LogP contribution in [0.3, 0.4) is 0 Å². The summed E-state index contributed by atoms with van der Waals surface area (Å²) < 4.78 is 11.0. The second-order valence-corrected chi connectivity index (χ2v) is 4.73. The molecule has 0 spiro atoms. The zero-order chi connectivity index (χ0) is 15.9. The zero-order valence-corrected chi connectivity index (χ0v) is 12.5. The number of hydrogen-bond acceptors (Lipinski definition) is 4. The summed E-state index contributed by atoms with van der Waals surface area (Å²) in [5, 5.41) is 10.7. The molecule has 0 radical (unpaired) electrons. The van der Waals surface area contributed by atoms with E-state index in [0.717, 1.165) is 5.56 Å². The van der Waals surface area contributed by atoms with Crippen LogP contribution in [0.4, 0.5) is 0 Å². The van der Waals surface area contributed by atoms with Crippen LogP contribution >= 0.6 is 0 Å². The van der Waals surface area contributed by atoms with Gasteiger partial charge in [0.25, 0.3) is 0 Å². The topological polar surface area (TPSA) is 61.6 Å². The molecule has 0 saturated carbocycles. The van der Waals surface area contributed by atoms with E-state index in [1.807, 2.05) is 30.3 Å². The lowest BCUT2D eigenvalue weighted by molar-refractivity contribution is -0.422. The average Bonchev–Trinajstić information content (AvgIpc) is 2.54. The summed E-state index contributed by atoms with van der Waals surface area (Å²) >= 11 is 0. The van der Waals surface area contributed by atoms with Gasteiger partial charge in [-0.2, -0.15) is 0 Å². The van der Waals surface area contributed by atoms with Crippen LogP contribution in [-0.4, -0.2) is 12.0 Å². The molecule has 0 amide bonds. The van der Waals surface area contributed by atoms with E-state index in [1.165, 1.54) is 13.0 Å². The van der Waals surface area contributed by atoms with Gasteiger partial charge < -0.3 is 9.47 Å². The lowest BCUT2D eigenvalue weighted by Crippen LogP contribution is -1.98. The van der Waals surface area contributed by atoms with Crippen molar-refractivity contribution >= 4 is 6.08 Å². The molecule has 0 fully saturated rings. The van der Waals surface area contributed by atoms with E-state index in [-0.39, 0.29) is 5.70 Å². The van der Waals surface area contributed by atoms with Crippen LogP contribution < -0.4 is 9.47 Å². The molecule has 0 aromatic heterocycles. The molecular weight excluding hydrogens is 282 g/mol. The molecule has 114 valence electrons. The number of nitro groups is 1. The molecule has 0 unspecified atom stereocenters. The zero-order valence-electron chi connectivity index (χ0n) is 12.5. The third-order valence-corrected chi connectivity index (χ3v) is 3.09. The Bertz CT molecular complexity index is 680. The first kappa shape index (κ1) is 15.6. The van der Waals surface area contributed by atoms with Gasteiger partial charge in [0.15, 0.2) is 11.5 Å². The lowest BCUT2D eigenvalue weighted by atomic mass is 10.1. The minimum atomic E-state index is -0.422. The van der Waals surface area contributed by atoms with E-state index >= 15 is 0 Å². The van der Waals surface area contributed by atoms with E-state index in [9.17, 15) is 10.1 Å². The highest BCUT2D eigenvalue weighted by molar-refractivity contribution is 5.56. The van der Waals surface area contributed by atoms with Gasteiger partial charge in [0, 0.05) is 13.0 Å². The molecule has 22 heavy (non-hydrogen) atoms. The summed E-state index contributed by atoms with van der Waals surface area (Å²) in [4.78, 5) is 10.3. The van der Waals surface area contributed by atoms with Crippen LogP contribution in [-0.2, 0) is 6.61 Å². The number of nitrogens with zero attached hydrogens (tertiary/aromatic N) is 1. The highest BCUT2D eigenvalue weighted by Crippen LogP contribution is 2.29. The van der Waals surface area contributed by atoms with Crippen molar-refractivity contribution in [2.45, 2.75) is 13.5 Å². The molecule has 5 heteroatoms. The van der Waals surface area contributed by atoms with Crippen molar-refractivity contribution in [1.82, 2.24) is 0 Å². The van der Waals surface area contributed by atoms with Crippen molar-refractivity contribution in [3.8, 4) is 11.5 Å². The molecule has 0 N–H and O–H groups in total. The van der Waals surface area contributed by atoms with E-state index in [0.29, 0.717) is 23.7 Å². The average molecular weight is 299 g/mol. The fourth-order valence-electron chi connectivity index (χ4n) is 1.93. The number of methoxy groups -OCH3 is 1. The minimum absolute atomic E-state index is 0.0687. The quantitative estimate of drug-likeness (QED) is 0.599. The van der Waals surface area contributed by atoms with Crippen LogP contribution in [0.1, 0.15) is 18.1 Å². The Balaban J connectivity index is 2.21. The molecule has 0 aliphatic carbocycles. The third-order valence-electron chi connectivity index (χ3n) is 3.09. The monoisotopic (exact) mass is 299 g/mol. The van der Waals surface area contributed by atoms with Crippen molar-refractivity contribution in [3.63, 3.8) is 0 Å². The number of allylic oxidation sites excluding steroid dienone is 1. The molecule has 0 atom stereocenters. The maximum absolute atomic E-state index is 10.7. The highest BCUT2D eigenvalue weighted by Gasteiger charge is 2.08. The molecule has 0 bridgehead atoms. The van der Waals surface area contributed by atoms with Gasteiger partial charge in [0.2, 0.25) is 5.70 Å². The van der Waals surface area contributed by atoms with Crippen molar-refractivity contribution in [2.24, 2.45) is 0 Å². The van der Waals surface area contributed by atoms with Gasteiger partial charge in [-0.25, -0.2) is 0 Å². The van der Waals surface area contributed by atoms with Crippen molar-refractivity contribution in [2.75, 3.05) is 7.11 Å². The second-order valence-electron chi connectivity index (χ2n) is 4.73. The van der Waals surface area contributed by atoms with Gasteiger partial charge in [-0.15, -0.1) is 0 Å². The molecule has 5 nitrogen and oxygen atoms in total. The molecular formula is C17H17NO4. The smallest absolute Gasteiger partial charge is 0.243 e. The van der Waals surface area contributed by atoms with Crippen LogP contribution in [0.25, 0.3) is 6.08 Å². The normalized spacial score (nSPS) is 11.1. The minimum Gasteiger partial charge on any atom is -0.493 e. The standard InChI is InChI=1S/C17H17NO4/c1-13(18(19)20)10-15-8-9-16(21-2)17(11-15)22-12-14-6-4-3-5-7-14/h3-11H,12H2,1-2H3/b13-10+. The summed E-state index contributed by atoms with van der Waals surface area (Å²) in [5.74, 6) is 1.14. The van der Waals surface area contributed by atoms with Crippen molar-refractivity contribution in [3.05, 3.63) is 75.5 Å². The first-order valence-corrected chi connectivity index (χ1v) is 6.77. The van der Waals surface area contributed by atoms with Crippen LogP contribution in [0, 0.1) is 10.1 Å². The predicted molar refractivity (Wildman–Crippen MR) is 84.4 cm³/mol. The van der Waals surface area contributed by atoms with Gasteiger partial charge >= 0.3 is 0 Å². The fourth-order valence-corrected chi connectivity index (χ4v) is 1.93. The number of benzene rings is 2. The predicted octanol–water partition coefficient (Wildman–Crippen LogP) is 3.91. The summed E-state index contributed by atoms with van der Waals surface area (Å²) in [6, 6.07) is 15.0. The molecule has 2 aromatic carbocycles. The molecule has 0 heterocycles. The summed E-state index contributed by atoms with van der Waals surface area (Å²) in [6.07, 6.45) is 1.49. The lowest BCUT2D eigenvalue weighted by Gasteiger charge is -2.11. The first-order valence-electron chi connectivity index (χ1n) is 6.77. The maximum Gasteiger partial charge on any atom is 0.243 e. The molecule has 2 aromatic rings. The van der Waals surface area contributed by atoms with E-state index in [1.54, 1.807) is 25.3 Å². The Kier molecular flexibility index (Phi) is 5.14. The number of ether oxygens (including phenoxy) is 2. The Labute approximate surface area is 129 Å². The van der Waals surface area contributed by atoms with Gasteiger partial charge in [-0.3, -0.25) is 10.1 Å². The van der Waals surface area contributed by atoms with Gasteiger partial charge in [0.05, 0.1) is 12.0 Å². The number of hydrogen-bond donors (Lipinski definition) is 0. The molecule has 0 aliphatic rings. The van der Waals surface area contributed by atoms with E-state index < -0.39 is 4.92 Å². The highest BCUT2D eigenvalue weighted by atomic mass is 16.6. The van der Waals surface area contributed by atoms with Crippen molar-refractivity contribution in [1.29, 1.82) is 0 Å².